The van der Waals surface area contributed by atoms with Crippen molar-refractivity contribution in [3.05, 3.63) is 295 Å². The van der Waals surface area contributed by atoms with Crippen LogP contribution in [0, 0.1) is 0 Å². The Morgan fingerprint density at radius 3 is 1.43 bits per heavy atom. The van der Waals surface area contributed by atoms with Gasteiger partial charge in [0.25, 0.3) is 0 Å². The Kier molecular flexibility index (Phi) is 9.81. The van der Waals surface area contributed by atoms with Gasteiger partial charge in [-0.2, -0.15) is 0 Å². The molecule has 2 aliphatic rings. The van der Waals surface area contributed by atoms with Crippen LogP contribution in [0.4, 0.5) is 17.1 Å². The van der Waals surface area contributed by atoms with Crippen LogP contribution in [0.5, 0.6) is 0 Å². The molecule has 13 rings (SSSR count). The first-order valence-corrected chi connectivity index (χ1v) is 24.2. The maximum Gasteiger partial charge on any atom is 0.0725 e. The van der Waals surface area contributed by atoms with Crippen LogP contribution in [-0.4, -0.2) is 4.57 Å². The lowest BCUT2D eigenvalue weighted by molar-refractivity contribution is 0.795. The van der Waals surface area contributed by atoms with E-state index < -0.39 is 5.41 Å². The van der Waals surface area contributed by atoms with Crippen LogP contribution in [0.2, 0.25) is 0 Å². The van der Waals surface area contributed by atoms with Gasteiger partial charge in [-0.15, -0.1) is 0 Å². The Bertz CT molecular complexity index is 3740. The fourth-order valence-corrected chi connectivity index (χ4v) is 11.7. The van der Waals surface area contributed by atoms with E-state index in [0.717, 1.165) is 39.4 Å². The van der Waals surface area contributed by atoms with E-state index in [-0.39, 0.29) is 0 Å². The highest BCUT2D eigenvalue weighted by atomic mass is 15.1. The molecule has 0 bridgehead atoms. The van der Waals surface area contributed by atoms with E-state index in [1.54, 1.807) is 0 Å². The number of nitrogens with zero attached hydrogens (tertiary/aromatic N) is 2. The van der Waals surface area contributed by atoms with Gasteiger partial charge in [-0.3, -0.25) is 0 Å². The molecule has 0 N–H and O–H groups in total. The molecule has 10 aromatic carbocycles. The highest BCUT2D eigenvalue weighted by Crippen LogP contribution is 2.63. The zero-order valence-corrected chi connectivity index (χ0v) is 38.9. The zero-order chi connectivity index (χ0) is 46.8. The molecule has 0 unspecified atom stereocenters. The topological polar surface area (TPSA) is 8.17 Å². The minimum atomic E-state index is -0.446. The number of benzene rings is 10. The standard InChI is InChI=1S/C68H48N2/c1-3-17-46(18-4-2)49-33-39-54(40-34-49)70-66-43-55(69(52-35-29-50(30-36-52)47-19-7-5-8-20-47)53-37-31-51(32-38-53)48-21-9-6-10-22-48)41-42-59(66)61-44-65-60(45-67(61)70)58-25-13-16-28-64(58)68(65)62-26-14-11-23-56(62)57-24-12-15-27-63(57)68/h3-45H,1H2,2H3/b18-4-,46-17+. The number of rotatable bonds is 9. The van der Waals surface area contributed by atoms with Crippen molar-refractivity contribution in [2.24, 2.45) is 0 Å². The Labute approximate surface area is 409 Å². The summed E-state index contributed by atoms with van der Waals surface area (Å²) in [5.74, 6) is 0. The fourth-order valence-electron chi connectivity index (χ4n) is 11.7. The maximum absolute atomic E-state index is 4.01. The van der Waals surface area contributed by atoms with Crippen LogP contribution in [-0.2, 0) is 5.41 Å². The molecule has 1 heterocycles. The molecule has 2 heteroatoms. The van der Waals surface area contributed by atoms with Crippen molar-refractivity contribution >= 4 is 44.4 Å². The Balaban J connectivity index is 1.06. The number of allylic oxidation sites excluding steroid dienone is 5. The van der Waals surface area contributed by atoms with E-state index in [1.807, 2.05) is 6.08 Å². The fraction of sp³-hybridized carbons (Fsp3) is 0.0294. The summed E-state index contributed by atoms with van der Waals surface area (Å²) < 4.78 is 2.49. The molecule has 0 atom stereocenters. The van der Waals surface area contributed by atoms with Gasteiger partial charge < -0.3 is 9.47 Å². The molecule has 0 saturated carbocycles. The van der Waals surface area contributed by atoms with Crippen LogP contribution in [0.15, 0.2) is 267 Å². The Hall–Kier alpha value is -8.98. The van der Waals surface area contributed by atoms with E-state index in [4.69, 9.17) is 0 Å². The summed E-state index contributed by atoms with van der Waals surface area (Å²) >= 11 is 0. The van der Waals surface area contributed by atoms with Gasteiger partial charge in [-0.1, -0.05) is 207 Å². The second kappa shape index (κ2) is 16.7. The first kappa shape index (κ1) is 41.2. The van der Waals surface area contributed by atoms with Gasteiger partial charge in [0.1, 0.15) is 0 Å². The van der Waals surface area contributed by atoms with E-state index >= 15 is 0 Å². The molecule has 0 aliphatic heterocycles. The molecule has 0 radical (unpaired) electrons. The van der Waals surface area contributed by atoms with Crippen LogP contribution in [0.25, 0.3) is 77.6 Å². The smallest absolute Gasteiger partial charge is 0.0725 e. The van der Waals surface area contributed by atoms with Gasteiger partial charge in [0, 0.05) is 33.5 Å². The minimum absolute atomic E-state index is 0.446. The van der Waals surface area contributed by atoms with Crippen molar-refractivity contribution < 1.29 is 0 Å². The van der Waals surface area contributed by atoms with Crippen molar-refractivity contribution in [3.63, 3.8) is 0 Å². The molecule has 330 valence electrons. The Morgan fingerprint density at radius 2 is 0.900 bits per heavy atom. The van der Waals surface area contributed by atoms with Crippen molar-refractivity contribution in [2.75, 3.05) is 4.90 Å². The molecule has 0 amide bonds. The third-order valence-electron chi connectivity index (χ3n) is 14.7. The predicted octanol–water partition coefficient (Wildman–Crippen LogP) is 18.1. The molecule has 2 nitrogen and oxygen atoms in total. The van der Waals surface area contributed by atoms with Gasteiger partial charge in [0.05, 0.1) is 16.4 Å². The molecule has 0 saturated heterocycles. The minimum Gasteiger partial charge on any atom is -0.310 e. The van der Waals surface area contributed by atoms with E-state index in [9.17, 15) is 0 Å². The van der Waals surface area contributed by atoms with Crippen molar-refractivity contribution in [3.8, 4) is 50.2 Å². The SMILES string of the molecule is C=C/C=C(\C=C/C)c1ccc(-n2c3cc(N(c4ccc(-c5ccccc5)cc4)c4ccc(-c5ccccc5)cc4)ccc3c3cc4c(cc32)-c2ccccc2C42c3ccccc3-c3ccccc32)cc1. The van der Waals surface area contributed by atoms with Gasteiger partial charge in [-0.25, -0.2) is 0 Å². The maximum atomic E-state index is 4.01. The highest BCUT2D eigenvalue weighted by molar-refractivity contribution is 6.13. The van der Waals surface area contributed by atoms with Gasteiger partial charge in [0.15, 0.2) is 0 Å². The zero-order valence-electron chi connectivity index (χ0n) is 38.9. The van der Waals surface area contributed by atoms with Crippen LogP contribution in [0.3, 0.4) is 0 Å². The summed E-state index contributed by atoms with van der Waals surface area (Å²) in [7, 11) is 0. The number of anilines is 3. The second-order valence-electron chi connectivity index (χ2n) is 18.4. The largest absolute Gasteiger partial charge is 0.310 e. The molecule has 11 aromatic rings. The number of hydrogen-bond donors (Lipinski definition) is 0. The summed E-state index contributed by atoms with van der Waals surface area (Å²) in [6.07, 6.45) is 8.16. The van der Waals surface area contributed by atoms with Gasteiger partial charge in [0.2, 0.25) is 0 Å². The van der Waals surface area contributed by atoms with Crippen molar-refractivity contribution in [1.29, 1.82) is 0 Å². The second-order valence-corrected chi connectivity index (χ2v) is 18.4. The van der Waals surface area contributed by atoms with E-state index in [0.29, 0.717) is 0 Å². The molecule has 0 fully saturated rings. The van der Waals surface area contributed by atoms with Gasteiger partial charge in [-0.05, 0) is 145 Å². The first-order chi connectivity index (χ1) is 34.6. The van der Waals surface area contributed by atoms with Crippen molar-refractivity contribution in [1.82, 2.24) is 4.57 Å². The number of fused-ring (bicyclic) bond motifs is 13. The predicted molar refractivity (Wildman–Crippen MR) is 296 cm³/mol. The normalized spacial score (nSPS) is 13.1. The molecule has 1 aromatic heterocycles. The van der Waals surface area contributed by atoms with Gasteiger partial charge >= 0.3 is 0 Å². The third-order valence-corrected chi connectivity index (χ3v) is 14.7. The number of hydrogen-bond acceptors (Lipinski definition) is 1. The average Bonchev–Trinajstić information content (AvgIpc) is 4.02. The first-order valence-electron chi connectivity index (χ1n) is 24.2. The summed E-state index contributed by atoms with van der Waals surface area (Å²) in [6.45, 7) is 6.07. The highest BCUT2D eigenvalue weighted by Gasteiger charge is 2.51. The van der Waals surface area contributed by atoms with Crippen LogP contribution < -0.4 is 4.90 Å². The summed E-state index contributed by atoms with van der Waals surface area (Å²) in [4.78, 5) is 2.40. The quantitative estimate of drug-likeness (QED) is 0.131. The molecule has 70 heavy (non-hydrogen) atoms. The van der Waals surface area contributed by atoms with E-state index in [1.165, 1.54) is 83.1 Å². The monoisotopic (exact) mass is 892 g/mol. The third kappa shape index (κ3) is 6.34. The number of aromatic nitrogens is 1. The summed E-state index contributed by atoms with van der Waals surface area (Å²) in [6, 6.07) is 87.6. The lowest BCUT2D eigenvalue weighted by atomic mass is 9.70. The Morgan fingerprint density at radius 1 is 0.429 bits per heavy atom. The van der Waals surface area contributed by atoms with Crippen LogP contribution >= 0.6 is 0 Å². The van der Waals surface area contributed by atoms with Crippen LogP contribution in [0.1, 0.15) is 34.7 Å². The summed E-state index contributed by atoms with van der Waals surface area (Å²) in [5.41, 5.74) is 23.8. The van der Waals surface area contributed by atoms with Crippen molar-refractivity contribution in [2.45, 2.75) is 12.3 Å². The van der Waals surface area contributed by atoms with E-state index in [2.05, 4.69) is 278 Å². The molecular formula is C68H48N2. The lowest BCUT2D eigenvalue weighted by Gasteiger charge is -2.30. The molecular weight excluding hydrogens is 845 g/mol. The average molecular weight is 893 g/mol. The molecule has 1 spiro atoms. The molecule has 2 aliphatic carbocycles. The lowest BCUT2D eigenvalue weighted by Crippen LogP contribution is -2.25. The summed E-state index contributed by atoms with van der Waals surface area (Å²) in [5, 5.41) is 2.43.